The lowest BCUT2D eigenvalue weighted by atomic mass is 10.0. The van der Waals surface area contributed by atoms with Crippen molar-refractivity contribution in [2.45, 2.75) is 59.0 Å². The van der Waals surface area contributed by atoms with Crippen molar-refractivity contribution < 1.29 is 19.4 Å². The molecule has 1 saturated heterocycles. The lowest BCUT2D eigenvalue weighted by Crippen LogP contribution is -2.44. The molecule has 134 valence electrons. The highest BCUT2D eigenvalue weighted by molar-refractivity contribution is 5.96. The molecule has 1 fully saturated rings. The van der Waals surface area contributed by atoms with E-state index in [1.807, 2.05) is 19.9 Å². The third-order valence-corrected chi connectivity index (χ3v) is 4.69. The molecule has 0 spiro atoms. The van der Waals surface area contributed by atoms with Gasteiger partial charge in [0.15, 0.2) is 0 Å². The topological polar surface area (TPSA) is 71.8 Å². The first-order valence-electron chi connectivity index (χ1n) is 8.61. The molecule has 0 unspecified atom stereocenters. The van der Waals surface area contributed by atoms with Gasteiger partial charge in [0.2, 0.25) is 0 Å². The van der Waals surface area contributed by atoms with Crippen LogP contribution in [0.15, 0.2) is 6.07 Å². The van der Waals surface area contributed by atoms with Crippen LogP contribution in [-0.2, 0) is 9.53 Å². The number of carboxylic acid groups (broad SMARTS) is 1. The number of carbonyl (C=O) groups excluding carboxylic acids is 1. The van der Waals surface area contributed by atoms with E-state index in [9.17, 15) is 9.59 Å². The van der Waals surface area contributed by atoms with Crippen LogP contribution in [0.1, 0.15) is 60.9 Å². The summed E-state index contributed by atoms with van der Waals surface area (Å²) >= 11 is 0. The molecule has 0 atom stereocenters. The fraction of sp³-hybridized carbons (Fsp3) is 0.667. The second-order valence-electron chi connectivity index (χ2n) is 6.73. The monoisotopic (exact) mass is 336 g/mol. The van der Waals surface area contributed by atoms with Gasteiger partial charge in [0.1, 0.15) is 0 Å². The van der Waals surface area contributed by atoms with Crippen molar-refractivity contribution in [2.75, 3.05) is 19.8 Å². The Hall–Kier alpha value is -1.82. The van der Waals surface area contributed by atoms with Gasteiger partial charge >= 0.3 is 5.97 Å². The van der Waals surface area contributed by atoms with Gasteiger partial charge in [-0.2, -0.15) is 0 Å². The molecule has 1 aromatic rings. The second-order valence-corrected chi connectivity index (χ2v) is 6.73. The van der Waals surface area contributed by atoms with Crippen molar-refractivity contribution in [3.8, 4) is 0 Å². The molecule has 0 saturated carbocycles. The van der Waals surface area contributed by atoms with E-state index in [-0.39, 0.29) is 31.0 Å². The number of hydrogen-bond acceptors (Lipinski definition) is 3. The fourth-order valence-electron chi connectivity index (χ4n) is 3.61. The third-order valence-electron chi connectivity index (χ3n) is 4.69. The van der Waals surface area contributed by atoms with Crippen LogP contribution in [0.25, 0.3) is 0 Å². The number of hydrogen-bond donors (Lipinski definition) is 1. The molecule has 0 aromatic carbocycles. The van der Waals surface area contributed by atoms with Crippen LogP contribution in [-0.4, -0.2) is 52.3 Å². The van der Waals surface area contributed by atoms with Crippen molar-refractivity contribution in [1.29, 1.82) is 0 Å². The van der Waals surface area contributed by atoms with Gasteiger partial charge < -0.3 is 19.3 Å². The van der Waals surface area contributed by atoms with Crippen LogP contribution < -0.4 is 0 Å². The molecule has 1 aliphatic heterocycles. The molecule has 1 amide bonds. The fourth-order valence-corrected chi connectivity index (χ4v) is 3.61. The van der Waals surface area contributed by atoms with Gasteiger partial charge in [-0.25, -0.2) is 0 Å². The number of rotatable bonds is 6. The highest BCUT2D eigenvalue weighted by atomic mass is 16.5. The van der Waals surface area contributed by atoms with Gasteiger partial charge in [0, 0.05) is 43.2 Å². The summed E-state index contributed by atoms with van der Waals surface area (Å²) in [4.78, 5) is 25.9. The van der Waals surface area contributed by atoms with Gasteiger partial charge in [-0.15, -0.1) is 0 Å². The minimum absolute atomic E-state index is 0.0357. The standard InChI is InChI=1S/C18H28N2O4/c1-12(2)20-13(3)11-16(14(20)4)18(23)19(8-5-17(21)22)15-6-9-24-10-7-15/h11-12,15H,5-10H2,1-4H3,(H,21,22). The summed E-state index contributed by atoms with van der Waals surface area (Å²) in [6, 6.07) is 2.25. The number of aryl methyl sites for hydroxylation is 1. The molecule has 24 heavy (non-hydrogen) atoms. The van der Waals surface area contributed by atoms with E-state index in [1.54, 1.807) is 4.90 Å². The Bertz CT molecular complexity index is 600. The molecule has 0 aliphatic carbocycles. The van der Waals surface area contributed by atoms with Crippen LogP contribution in [0, 0.1) is 13.8 Å². The number of carbonyl (C=O) groups is 2. The van der Waals surface area contributed by atoms with E-state index >= 15 is 0 Å². The van der Waals surface area contributed by atoms with Gasteiger partial charge in [-0.05, 0) is 46.6 Å². The first kappa shape index (κ1) is 18.5. The summed E-state index contributed by atoms with van der Waals surface area (Å²) in [6.45, 7) is 9.62. The average Bonchev–Trinajstić information content (AvgIpc) is 2.83. The molecule has 0 radical (unpaired) electrons. The molecule has 1 aromatic heterocycles. The summed E-state index contributed by atoms with van der Waals surface area (Å²) in [5, 5.41) is 9.02. The summed E-state index contributed by atoms with van der Waals surface area (Å²) in [5.74, 6) is -0.948. The van der Waals surface area contributed by atoms with Crippen LogP contribution >= 0.6 is 0 Å². The van der Waals surface area contributed by atoms with Crippen LogP contribution in [0.5, 0.6) is 0 Å². The summed E-state index contributed by atoms with van der Waals surface area (Å²) < 4.78 is 7.53. The van der Waals surface area contributed by atoms with Crippen molar-refractivity contribution >= 4 is 11.9 Å². The highest BCUT2D eigenvalue weighted by Gasteiger charge is 2.29. The lowest BCUT2D eigenvalue weighted by molar-refractivity contribution is -0.137. The third kappa shape index (κ3) is 3.98. The number of amides is 1. The number of aliphatic carboxylic acids is 1. The Kier molecular flexibility index (Phi) is 6.04. The van der Waals surface area contributed by atoms with Crippen molar-refractivity contribution in [3.05, 3.63) is 23.0 Å². The normalized spacial score (nSPS) is 15.7. The first-order valence-corrected chi connectivity index (χ1v) is 8.61. The second kappa shape index (κ2) is 7.83. The maximum Gasteiger partial charge on any atom is 0.305 e. The Balaban J connectivity index is 2.29. The van der Waals surface area contributed by atoms with Crippen molar-refractivity contribution in [3.63, 3.8) is 0 Å². The largest absolute Gasteiger partial charge is 0.481 e. The average molecular weight is 336 g/mol. The molecule has 2 rings (SSSR count). The zero-order chi connectivity index (χ0) is 17.9. The Morgan fingerprint density at radius 2 is 1.96 bits per heavy atom. The first-order chi connectivity index (χ1) is 11.3. The smallest absolute Gasteiger partial charge is 0.305 e. The predicted molar refractivity (Wildman–Crippen MR) is 91.4 cm³/mol. The van der Waals surface area contributed by atoms with Crippen LogP contribution in [0.3, 0.4) is 0 Å². The SMILES string of the molecule is Cc1cc(C(=O)N(CCC(=O)O)C2CCOCC2)c(C)n1C(C)C. The molecule has 1 N–H and O–H groups in total. The minimum atomic E-state index is -0.882. The number of nitrogens with zero attached hydrogens (tertiary/aromatic N) is 2. The maximum atomic E-state index is 13.1. The Morgan fingerprint density at radius 1 is 1.33 bits per heavy atom. The van der Waals surface area contributed by atoms with Gasteiger partial charge in [-0.3, -0.25) is 9.59 Å². The van der Waals surface area contributed by atoms with Gasteiger partial charge in [-0.1, -0.05) is 0 Å². The highest BCUT2D eigenvalue weighted by Crippen LogP contribution is 2.24. The number of ether oxygens (including phenoxy) is 1. The van der Waals surface area contributed by atoms with E-state index in [1.165, 1.54) is 0 Å². The van der Waals surface area contributed by atoms with E-state index in [0.29, 0.717) is 18.8 Å². The molecule has 1 aliphatic rings. The minimum Gasteiger partial charge on any atom is -0.481 e. The molecular weight excluding hydrogens is 308 g/mol. The van der Waals surface area contributed by atoms with Gasteiger partial charge in [0.05, 0.1) is 12.0 Å². The molecule has 6 heteroatoms. The van der Waals surface area contributed by atoms with E-state index in [4.69, 9.17) is 9.84 Å². The Labute approximate surface area is 143 Å². The zero-order valence-corrected chi connectivity index (χ0v) is 15.0. The predicted octanol–water partition coefficient (Wildman–Crippen LogP) is 2.78. The van der Waals surface area contributed by atoms with Crippen LogP contribution in [0.2, 0.25) is 0 Å². The zero-order valence-electron chi connectivity index (χ0n) is 15.0. The van der Waals surface area contributed by atoms with E-state index < -0.39 is 5.97 Å². The van der Waals surface area contributed by atoms with Crippen molar-refractivity contribution in [2.24, 2.45) is 0 Å². The quantitative estimate of drug-likeness (QED) is 0.867. The molecule has 0 bridgehead atoms. The summed E-state index contributed by atoms with van der Waals surface area (Å²) in [5.41, 5.74) is 2.67. The van der Waals surface area contributed by atoms with Gasteiger partial charge in [0.25, 0.3) is 5.91 Å². The molecule has 6 nitrogen and oxygen atoms in total. The van der Waals surface area contributed by atoms with E-state index in [0.717, 1.165) is 24.2 Å². The van der Waals surface area contributed by atoms with Crippen LogP contribution in [0.4, 0.5) is 0 Å². The Morgan fingerprint density at radius 3 is 2.46 bits per heavy atom. The molecular formula is C18H28N2O4. The maximum absolute atomic E-state index is 13.1. The van der Waals surface area contributed by atoms with E-state index in [2.05, 4.69) is 18.4 Å². The number of aromatic nitrogens is 1. The summed E-state index contributed by atoms with van der Waals surface area (Å²) in [7, 11) is 0. The molecule has 2 heterocycles. The lowest BCUT2D eigenvalue weighted by Gasteiger charge is -2.34. The summed E-state index contributed by atoms with van der Waals surface area (Å²) in [6.07, 6.45) is 1.48. The van der Waals surface area contributed by atoms with Crippen molar-refractivity contribution in [1.82, 2.24) is 9.47 Å². The number of carboxylic acids is 1.